The van der Waals surface area contributed by atoms with E-state index in [1.54, 1.807) is 11.3 Å². The molecule has 2 bridgehead atoms. The van der Waals surface area contributed by atoms with Gasteiger partial charge in [0.15, 0.2) is 5.82 Å². The minimum Gasteiger partial charge on any atom is -0.478 e. The third kappa shape index (κ3) is 3.55. The van der Waals surface area contributed by atoms with E-state index >= 15 is 0 Å². The third-order valence-corrected chi connectivity index (χ3v) is 8.99. The highest BCUT2D eigenvalue weighted by atomic mass is 32.1. The number of carbonyl (C=O) groups is 2. The fourth-order valence-corrected chi connectivity index (χ4v) is 7.24. The Labute approximate surface area is 196 Å². The highest BCUT2D eigenvalue weighted by molar-refractivity contribution is 7.17. The van der Waals surface area contributed by atoms with Crippen molar-refractivity contribution in [2.45, 2.75) is 64.2 Å². The summed E-state index contributed by atoms with van der Waals surface area (Å²) in [7, 11) is 0. The molecule has 8 heteroatoms. The van der Waals surface area contributed by atoms with Crippen LogP contribution in [0, 0.1) is 17.8 Å². The van der Waals surface area contributed by atoms with Gasteiger partial charge >= 0.3 is 5.97 Å². The van der Waals surface area contributed by atoms with Gasteiger partial charge in [0.2, 0.25) is 0 Å². The van der Waals surface area contributed by atoms with E-state index in [0.717, 1.165) is 56.9 Å². The van der Waals surface area contributed by atoms with Gasteiger partial charge < -0.3 is 14.9 Å². The maximum absolute atomic E-state index is 13.5. The van der Waals surface area contributed by atoms with Crippen LogP contribution in [0.2, 0.25) is 0 Å². The van der Waals surface area contributed by atoms with Gasteiger partial charge in [-0.3, -0.25) is 4.79 Å². The van der Waals surface area contributed by atoms with E-state index in [-0.39, 0.29) is 23.7 Å². The molecule has 2 aromatic rings. The lowest BCUT2D eigenvalue weighted by Gasteiger charge is -2.37. The van der Waals surface area contributed by atoms with E-state index in [1.165, 1.54) is 10.4 Å². The largest absolute Gasteiger partial charge is 0.478 e. The zero-order valence-corrected chi connectivity index (χ0v) is 19.4. The molecule has 2 N–H and O–H groups in total. The average Bonchev–Trinajstić information content (AvgIpc) is 3.46. The van der Waals surface area contributed by atoms with Gasteiger partial charge in [0.25, 0.3) is 11.8 Å². The summed E-state index contributed by atoms with van der Waals surface area (Å²) in [6.45, 7) is 2.22. The molecule has 1 fully saturated rings. The summed E-state index contributed by atoms with van der Waals surface area (Å²) >= 11 is 1.59. The topological polar surface area (TPSA) is 105 Å². The maximum Gasteiger partial charge on any atom is 0.332 e. The number of nitrogens with one attached hydrogen (secondary N) is 1. The first-order valence-electron chi connectivity index (χ1n) is 12.0. The van der Waals surface area contributed by atoms with Crippen molar-refractivity contribution in [3.63, 3.8) is 0 Å². The van der Waals surface area contributed by atoms with Crippen molar-refractivity contribution >= 4 is 28.2 Å². The number of thiophene rings is 1. The molecule has 1 saturated carbocycles. The van der Waals surface area contributed by atoms with Crippen molar-refractivity contribution in [3.8, 4) is 11.5 Å². The summed E-state index contributed by atoms with van der Waals surface area (Å²) < 4.78 is 5.65. The van der Waals surface area contributed by atoms with Crippen molar-refractivity contribution in [2.24, 2.45) is 17.8 Å². The molecular formula is C25H27N3O4S. The predicted octanol–water partition coefficient (Wildman–Crippen LogP) is 5.11. The van der Waals surface area contributed by atoms with Gasteiger partial charge in [0, 0.05) is 16.0 Å². The number of hydrogen-bond donors (Lipinski definition) is 2. The van der Waals surface area contributed by atoms with Gasteiger partial charge in [0.1, 0.15) is 5.00 Å². The van der Waals surface area contributed by atoms with Crippen LogP contribution in [-0.4, -0.2) is 27.1 Å². The van der Waals surface area contributed by atoms with E-state index in [2.05, 4.69) is 22.4 Å². The second-order valence-corrected chi connectivity index (χ2v) is 10.8. The Balaban J connectivity index is 1.39. The lowest BCUT2D eigenvalue weighted by Crippen LogP contribution is -2.35. The molecule has 7 rings (SSSR count). The van der Waals surface area contributed by atoms with Crippen LogP contribution in [-0.2, 0) is 22.4 Å². The monoisotopic (exact) mass is 465 g/mol. The smallest absolute Gasteiger partial charge is 0.332 e. The minimum absolute atomic E-state index is 0.0147. The van der Waals surface area contributed by atoms with Crippen molar-refractivity contribution in [1.82, 2.24) is 10.1 Å². The summed E-state index contributed by atoms with van der Waals surface area (Å²) in [4.78, 5) is 31.4. The number of aromatic nitrogens is 2. The summed E-state index contributed by atoms with van der Waals surface area (Å²) in [5, 5.41) is 17.8. The van der Waals surface area contributed by atoms with Gasteiger partial charge in [-0.25, -0.2) is 4.79 Å². The second-order valence-electron chi connectivity index (χ2n) is 9.73. The molecule has 0 spiro atoms. The number of anilines is 1. The van der Waals surface area contributed by atoms with E-state index < -0.39 is 5.97 Å². The zero-order chi connectivity index (χ0) is 22.7. The Kier molecular flexibility index (Phi) is 5.01. The fourth-order valence-electron chi connectivity index (χ4n) is 5.90. The quantitative estimate of drug-likeness (QED) is 0.575. The fraction of sp³-hybridized carbons (Fsp3) is 0.520. The normalized spacial score (nSPS) is 25.9. The van der Waals surface area contributed by atoms with Crippen LogP contribution in [0.15, 0.2) is 27.8 Å². The molecule has 0 aliphatic heterocycles. The molecule has 0 saturated heterocycles. The Morgan fingerprint density at radius 1 is 1.15 bits per heavy atom. The number of rotatable bonds is 6. The number of fused-ring (bicyclic) bond motifs is 3. The molecule has 5 aliphatic carbocycles. The van der Waals surface area contributed by atoms with Crippen LogP contribution >= 0.6 is 11.3 Å². The Hall–Kier alpha value is -2.74. The summed E-state index contributed by atoms with van der Waals surface area (Å²) in [5.74, 6) is 0.641. The Morgan fingerprint density at radius 3 is 2.55 bits per heavy atom. The molecule has 1 amide bonds. The van der Waals surface area contributed by atoms with Crippen LogP contribution in [0.5, 0.6) is 0 Å². The molecule has 0 radical (unpaired) electrons. The van der Waals surface area contributed by atoms with Crippen LogP contribution in [0.4, 0.5) is 5.00 Å². The van der Waals surface area contributed by atoms with E-state index in [9.17, 15) is 14.7 Å². The summed E-state index contributed by atoms with van der Waals surface area (Å²) in [6.07, 6.45) is 11.7. The molecule has 1 unspecified atom stereocenters. The van der Waals surface area contributed by atoms with E-state index in [4.69, 9.17) is 4.52 Å². The predicted molar refractivity (Wildman–Crippen MR) is 124 cm³/mol. The van der Waals surface area contributed by atoms with Crippen LogP contribution in [0.3, 0.4) is 0 Å². The molecule has 0 aromatic carbocycles. The van der Waals surface area contributed by atoms with Gasteiger partial charge in [0.05, 0.1) is 11.5 Å². The Bertz CT molecular complexity index is 1190. The maximum atomic E-state index is 13.5. The van der Waals surface area contributed by atoms with Gasteiger partial charge in [-0.05, 0) is 68.3 Å². The number of amides is 1. The van der Waals surface area contributed by atoms with E-state index in [0.29, 0.717) is 33.8 Å². The lowest BCUT2D eigenvalue weighted by atomic mass is 9.66. The molecular weight excluding hydrogens is 438 g/mol. The molecule has 33 heavy (non-hydrogen) atoms. The van der Waals surface area contributed by atoms with E-state index in [1.807, 2.05) is 12.2 Å². The first-order valence-corrected chi connectivity index (χ1v) is 12.8. The van der Waals surface area contributed by atoms with Crippen LogP contribution < -0.4 is 5.32 Å². The number of carboxylic acid groups (broad SMARTS) is 1. The number of nitrogens with zero attached hydrogens (tertiary/aromatic N) is 2. The van der Waals surface area contributed by atoms with Crippen LogP contribution in [0.1, 0.15) is 67.6 Å². The third-order valence-electron chi connectivity index (χ3n) is 7.82. The summed E-state index contributed by atoms with van der Waals surface area (Å²) in [5.41, 5.74) is 2.82. The van der Waals surface area contributed by atoms with Gasteiger partial charge in [-0.15, -0.1) is 11.3 Å². The van der Waals surface area contributed by atoms with Crippen molar-refractivity contribution in [3.05, 3.63) is 39.6 Å². The van der Waals surface area contributed by atoms with Gasteiger partial charge in [-0.1, -0.05) is 30.7 Å². The van der Waals surface area contributed by atoms with Gasteiger partial charge in [-0.2, -0.15) is 4.98 Å². The molecule has 2 heterocycles. The number of carbonyl (C=O) groups excluding carboxylic acids is 1. The van der Waals surface area contributed by atoms with Crippen molar-refractivity contribution < 1.29 is 19.2 Å². The second kappa shape index (κ2) is 7.94. The highest BCUT2D eigenvalue weighted by Gasteiger charge is 2.41. The zero-order valence-electron chi connectivity index (χ0n) is 18.6. The number of carboxylic acids is 1. The molecule has 2 aromatic heterocycles. The standard InChI is InChI=1S/C25H27N3O4S/c1-2-12-3-10-16-17(11-12)33-24(20(16)23-26-21(28-32-23)15-8-9-15)27-22(29)18-13-4-6-14(7-5-13)19(18)25(30)31/h8-9,12-15H,2-7,10-11H2,1H3,(H,27,29)(H,30,31). The molecule has 172 valence electrons. The summed E-state index contributed by atoms with van der Waals surface area (Å²) in [6, 6.07) is 0. The number of allylic oxidation sites excluding steroid dienone is 2. The molecule has 5 aliphatic rings. The van der Waals surface area contributed by atoms with Crippen molar-refractivity contribution in [2.75, 3.05) is 5.32 Å². The lowest BCUT2D eigenvalue weighted by molar-refractivity contribution is -0.134. The Morgan fingerprint density at radius 2 is 1.88 bits per heavy atom. The molecule has 7 nitrogen and oxygen atoms in total. The number of aliphatic carboxylic acids is 1. The SMILES string of the molecule is CCC1CCc2c(sc(NC(=O)C3=C(C(=O)O)C4CCC3CC4)c2-c2nc(C3C=C3)no2)C1. The first-order chi connectivity index (χ1) is 16.0. The molecule has 1 atom stereocenters. The van der Waals surface area contributed by atoms with Crippen molar-refractivity contribution in [1.29, 1.82) is 0 Å². The average molecular weight is 466 g/mol. The van der Waals surface area contributed by atoms with Crippen LogP contribution in [0.25, 0.3) is 11.5 Å². The highest BCUT2D eigenvalue weighted by Crippen LogP contribution is 2.48. The minimum atomic E-state index is -0.954. The number of hydrogen-bond acceptors (Lipinski definition) is 6. The first kappa shape index (κ1) is 20.8.